The van der Waals surface area contributed by atoms with Gasteiger partial charge in [-0.05, 0) is 31.4 Å². The Labute approximate surface area is 129 Å². The third-order valence-electron chi connectivity index (χ3n) is 3.54. The van der Waals surface area contributed by atoms with Gasteiger partial charge in [0, 0.05) is 30.6 Å². The normalized spacial score (nSPS) is 20.8. The van der Waals surface area contributed by atoms with Gasteiger partial charge in [0.1, 0.15) is 4.21 Å². The van der Waals surface area contributed by atoms with E-state index in [4.69, 9.17) is 4.74 Å². The highest BCUT2D eigenvalue weighted by Crippen LogP contribution is 2.23. The van der Waals surface area contributed by atoms with Crippen LogP contribution in [-0.2, 0) is 21.2 Å². The predicted octanol–water partition coefficient (Wildman–Crippen LogP) is 0.568. The fraction of sp³-hybridized carbons (Fsp3) is 0.692. The zero-order valence-corrected chi connectivity index (χ0v) is 13.5. The third kappa shape index (κ3) is 4.48. The molecule has 0 amide bonds. The standard InChI is InChI=1S/C13H21N3O3S2/c17-21(18,15-16-7-9-19-10-8-16)13-4-3-12(20-13)5-6-14-11-1-2-11/h3-4,11,14-15H,1-2,5-10H2. The summed E-state index contributed by atoms with van der Waals surface area (Å²) in [7, 11) is -3.45. The molecule has 2 N–H and O–H groups in total. The van der Waals surface area contributed by atoms with E-state index in [1.54, 1.807) is 11.1 Å². The largest absolute Gasteiger partial charge is 0.379 e. The monoisotopic (exact) mass is 331 g/mol. The highest BCUT2D eigenvalue weighted by atomic mass is 32.2. The maximum absolute atomic E-state index is 12.3. The zero-order chi connectivity index (χ0) is 14.7. The van der Waals surface area contributed by atoms with E-state index >= 15 is 0 Å². The first-order valence-electron chi connectivity index (χ1n) is 7.31. The van der Waals surface area contributed by atoms with Gasteiger partial charge in [0.05, 0.1) is 13.2 Å². The van der Waals surface area contributed by atoms with Crippen molar-refractivity contribution in [3.8, 4) is 0 Å². The van der Waals surface area contributed by atoms with Gasteiger partial charge in [-0.15, -0.1) is 16.2 Å². The molecule has 0 bridgehead atoms. The number of hydrogen-bond acceptors (Lipinski definition) is 6. The smallest absolute Gasteiger partial charge is 0.262 e. The quantitative estimate of drug-likeness (QED) is 0.764. The number of sulfonamides is 1. The van der Waals surface area contributed by atoms with Gasteiger partial charge in [0.25, 0.3) is 10.0 Å². The van der Waals surface area contributed by atoms with Crippen LogP contribution in [0.3, 0.4) is 0 Å². The summed E-state index contributed by atoms with van der Waals surface area (Å²) < 4.78 is 30.2. The molecule has 1 aliphatic heterocycles. The lowest BCUT2D eigenvalue weighted by molar-refractivity contribution is 0.0272. The van der Waals surface area contributed by atoms with E-state index in [0.29, 0.717) is 36.6 Å². The lowest BCUT2D eigenvalue weighted by atomic mass is 10.3. The minimum absolute atomic E-state index is 0.385. The molecule has 1 saturated carbocycles. The molecule has 1 aromatic heterocycles. The van der Waals surface area contributed by atoms with E-state index in [9.17, 15) is 8.42 Å². The second kappa shape index (κ2) is 6.72. The summed E-state index contributed by atoms with van der Waals surface area (Å²) in [6.07, 6.45) is 3.43. The Kier molecular flexibility index (Phi) is 4.92. The van der Waals surface area contributed by atoms with E-state index in [-0.39, 0.29) is 0 Å². The summed E-state index contributed by atoms with van der Waals surface area (Å²) in [6, 6.07) is 4.30. The molecular weight excluding hydrogens is 310 g/mol. The first kappa shape index (κ1) is 15.4. The lowest BCUT2D eigenvalue weighted by Crippen LogP contribution is -2.48. The number of hydrogen-bond donors (Lipinski definition) is 2. The minimum Gasteiger partial charge on any atom is -0.379 e. The summed E-state index contributed by atoms with van der Waals surface area (Å²) in [5.41, 5.74) is 0. The van der Waals surface area contributed by atoms with Crippen molar-refractivity contribution in [1.29, 1.82) is 0 Å². The van der Waals surface area contributed by atoms with Gasteiger partial charge in [-0.2, -0.15) is 0 Å². The average Bonchev–Trinajstić information content (AvgIpc) is 3.15. The first-order chi connectivity index (χ1) is 10.1. The van der Waals surface area contributed by atoms with E-state index in [2.05, 4.69) is 10.1 Å². The molecule has 118 valence electrons. The molecule has 2 aliphatic rings. The van der Waals surface area contributed by atoms with Gasteiger partial charge in [-0.1, -0.05) is 0 Å². The Morgan fingerprint density at radius 3 is 2.76 bits per heavy atom. The van der Waals surface area contributed by atoms with Crippen molar-refractivity contribution >= 4 is 21.4 Å². The molecule has 2 heterocycles. The summed E-state index contributed by atoms with van der Waals surface area (Å²) in [4.78, 5) is 3.73. The molecule has 2 fully saturated rings. The molecular formula is C13H21N3O3S2. The van der Waals surface area contributed by atoms with Crippen LogP contribution in [0.2, 0.25) is 0 Å². The molecule has 6 nitrogen and oxygen atoms in total. The summed E-state index contributed by atoms with van der Waals surface area (Å²) in [5, 5.41) is 5.14. The van der Waals surface area contributed by atoms with Gasteiger partial charge in [0.15, 0.2) is 0 Å². The molecule has 1 aromatic rings. The van der Waals surface area contributed by atoms with Crippen LogP contribution in [0.25, 0.3) is 0 Å². The first-order valence-corrected chi connectivity index (χ1v) is 9.61. The molecule has 1 saturated heterocycles. The average molecular weight is 331 g/mol. The van der Waals surface area contributed by atoms with Gasteiger partial charge in [-0.3, -0.25) is 0 Å². The van der Waals surface area contributed by atoms with Gasteiger partial charge < -0.3 is 10.1 Å². The molecule has 0 radical (unpaired) electrons. The number of ether oxygens (including phenoxy) is 1. The number of hydrazine groups is 1. The molecule has 0 spiro atoms. The van der Waals surface area contributed by atoms with Crippen molar-refractivity contribution in [1.82, 2.24) is 15.2 Å². The SMILES string of the molecule is O=S(=O)(NN1CCOCC1)c1ccc(CCNC2CC2)s1. The molecule has 3 rings (SSSR count). The summed E-state index contributed by atoms with van der Waals surface area (Å²) in [5.74, 6) is 0. The van der Waals surface area contributed by atoms with Crippen LogP contribution in [0.1, 0.15) is 17.7 Å². The molecule has 1 aliphatic carbocycles. The Morgan fingerprint density at radius 2 is 2.05 bits per heavy atom. The lowest BCUT2D eigenvalue weighted by Gasteiger charge is -2.26. The molecule has 0 unspecified atom stereocenters. The van der Waals surface area contributed by atoms with Crippen molar-refractivity contribution in [2.24, 2.45) is 0 Å². The number of morpholine rings is 1. The summed E-state index contributed by atoms with van der Waals surface area (Å²) in [6.45, 7) is 3.21. The topological polar surface area (TPSA) is 70.7 Å². The number of thiophene rings is 1. The molecule has 8 heteroatoms. The van der Waals surface area contributed by atoms with Crippen molar-refractivity contribution in [2.75, 3.05) is 32.8 Å². The fourth-order valence-corrected chi connectivity index (χ4v) is 4.66. The van der Waals surface area contributed by atoms with Crippen LogP contribution in [0.4, 0.5) is 0 Å². The van der Waals surface area contributed by atoms with Gasteiger partial charge in [0.2, 0.25) is 0 Å². The fourth-order valence-electron chi connectivity index (χ4n) is 2.19. The van der Waals surface area contributed by atoms with Gasteiger partial charge >= 0.3 is 0 Å². The Hall–Kier alpha value is -0.510. The Bertz CT molecular complexity index is 563. The van der Waals surface area contributed by atoms with Crippen molar-refractivity contribution < 1.29 is 13.2 Å². The van der Waals surface area contributed by atoms with E-state index in [1.165, 1.54) is 24.2 Å². The second-order valence-electron chi connectivity index (χ2n) is 5.39. The van der Waals surface area contributed by atoms with E-state index in [1.807, 2.05) is 6.07 Å². The maximum atomic E-state index is 12.3. The number of nitrogens with zero attached hydrogens (tertiary/aromatic N) is 1. The molecule has 21 heavy (non-hydrogen) atoms. The summed E-state index contributed by atoms with van der Waals surface area (Å²) >= 11 is 1.35. The van der Waals surface area contributed by atoms with Crippen LogP contribution in [0.15, 0.2) is 16.3 Å². The van der Waals surface area contributed by atoms with Crippen molar-refractivity contribution in [3.05, 3.63) is 17.0 Å². The van der Waals surface area contributed by atoms with E-state index < -0.39 is 10.0 Å². The van der Waals surface area contributed by atoms with E-state index in [0.717, 1.165) is 17.8 Å². The van der Waals surface area contributed by atoms with Crippen LogP contribution in [-0.4, -0.2) is 52.3 Å². The zero-order valence-electron chi connectivity index (χ0n) is 11.9. The Balaban J connectivity index is 1.55. The number of rotatable bonds is 7. The number of nitrogens with one attached hydrogen (secondary N) is 2. The Morgan fingerprint density at radius 1 is 1.29 bits per heavy atom. The minimum atomic E-state index is -3.45. The maximum Gasteiger partial charge on any atom is 0.262 e. The highest BCUT2D eigenvalue weighted by molar-refractivity contribution is 7.91. The predicted molar refractivity (Wildman–Crippen MR) is 81.8 cm³/mol. The molecule has 0 atom stereocenters. The van der Waals surface area contributed by atoms with Crippen LogP contribution >= 0.6 is 11.3 Å². The second-order valence-corrected chi connectivity index (χ2v) is 8.45. The third-order valence-corrected chi connectivity index (χ3v) is 6.56. The highest BCUT2D eigenvalue weighted by Gasteiger charge is 2.22. The van der Waals surface area contributed by atoms with Crippen molar-refractivity contribution in [3.63, 3.8) is 0 Å². The van der Waals surface area contributed by atoms with Crippen molar-refractivity contribution in [2.45, 2.75) is 29.5 Å². The van der Waals surface area contributed by atoms with Crippen LogP contribution in [0, 0.1) is 0 Å². The molecule has 0 aromatic carbocycles. The van der Waals surface area contributed by atoms with Gasteiger partial charge in [-0.25, -0.2) is 13.4 Å². The van der Waals surface area contributed by atoms with Crippen LogP contribution < -0.4 is 10.1 Å². The van der Waals surface area contributed by atoms with Crippen LogP contribution in [0.5, 0.6) is 0 Å².